The Bertz CT molecular complexity index is 1230. The minimum atomic E-state index is -4.43. The van der Waals surface area contributed by atoms with Gasteiger partial charge >= 0.3 is 6.18 Å². The van der Waals surface area contributed by atoms with Crippen molar-refractivity contribution < 1.29 is 22.4 Å². The second kappa shape index (κ2) is 9.64. The SMILES string of the molecule is NC(=O)CN1CC[C@H](Cn2ccc3c(N(Cc4ccc(C(F)(F)F)cn4)C4CC4)ncnc32)[C@@H](F)C1. The molecule has 192 valence electrons. The fourth-order valence-electron chi connectivity index (χ4n) is 4.83. The molecule has 4 heterocycles. The highest BCUT2D eigenvalue weighted by atomic mass is 19.4. The minimum absolute atomic E-state index is 0.0565. The van der Waals surface area contributed by atoms with E-state index in [1.807, 2.05) is 16.8 Å². The Morgan fingerprint density at radius 3 is 2.58 bits per heavy atom. The van der Waals surface area contributed by atoms with Gasteiger partial charge in [-0.25, -0.2) is 14.4 Å². The monoisotopic (exact) mass is 505 g/mol. The summed E-state index contributed by atoms with van der Waals surface area (Å²) in [6.45, 7) is 1.59. The topological polar surface area (TPSA) is 93.2 Å². The Labute approximate surface area is 205 Å². The maximum Gasteiger partial charge on any atom is 0.417 e. The number of nitrogens with two attached hydrogens (primary N) is 1. The van der Waals surface area contributed by atoms with Gasteiger partial charge in [0.1, 0.15) is 24.0 Å². The van der Waals surface area contributed by atoms with Crippen molar-refractivity contribution in [2.45, 2.75) is 50.7 Å². The summed E-state index contributed by atoms with van der Waals surface area (Å²) in [6, 6.07) is 4.56. The predicted octanol–water partition coefficient (Wildman–Crippen LogP) is 3.16. The minimum Gasteiger partial charge on any atom is -0.369 e. The van der Waals surface area contributed by atoms with Crippen molar-refractivity contribution >= 4 is 22.8 Å². The number of aromatic nitrogens is 4. The van der Waals surface area contributed by atoms with Crippen LogP contribution in [0.15, 0.2) is 36.9 Å². The van der Waals surface area contributed by atoms with Crippen molar-refractivity contribution in [2.75, 3.05) is 24.5 Å². The summed E-state index contributed by atoms with van der Waals surface area (Å²) in [4.78, 5) is 27.9. The largest absolute Gasteiger partial charge is 0.417 e. The van der Waals surface area contributed by atoms with Crippen LogP contribution in [0.4, 0.5) is 23.4 Å². The van der Waals surface area contributed by atoms with Crippen LogP contribution < -0.4 is 10.6 Å². The lowest BCUT2D eigenvalue weighted by Crippen LogP contribution is -2.46. The van der Waals surface area contributed by atoms with E-state index < -0.39 is 23.8 Å². The molecule has 0 aromatic carbocycles. The predicted molar refractivity (Wildman–Crippen MR) is 125 cm³/mol. The van der Waals surface area contributed by atoms with E-state index in [1.165, 1.54) is 12.4 Å². The molecule has 2 aliphatic rings. The highest BCUT2D eigenvalue weighted by molar-refractivity contribution is 5.88. The van der Waals surface area contributed by atoms with E-state index in [-0.39, 0.29) is 25.0 Å². The van der Waals surface area contributed by atoms with Gasteiger partial charge < -0.3 is 15.2 Å². The number of carbonyl (C=O) groups is 1. The summed E-state index contributed by atoms with van der Waals surface area (Å²) >= 11 is 0. The van der Waals surface area contributed by atoms with Gasteiger partial charge in [-0.2, -0.15) is 13.2 Å². The molecule has 8 nitrogen and oxygen atoms in total. The first-order valence-electron chi connectivity index (χ1n) is 11.9. The van der Waals surface area contributed by atoms with Crippen molar-refractivity contribution in [1.82, 2.24) is 24.4 Å². The van der Waals surface area contributed by atoms with Crippen molar-refractivity contribution in [2.24, 2.45) is 11.7 Å². The highest BCUT2D eigenvalue weighted by Gasteiger charge is 2.34. The number of anilines is 1. The summed E-state index contributed by atoms with van der Waals surface area (Å²) in [5.41, 5.74) is 5.65. The van der Waals surface area contributed by atoms with E-state index in [1.54, 1.807) is 4.90 Å². The zero-order chi connectivity index (χ0) is 25.4. The quantitative estimate of drug-likeness (QED) is 0.473. The molecule has 0 bridgehead atoms. The molecule has 1 aliphatic carbocycles. The number of carbonyl (C=O) groups excluding carboxylic acids is 1. The number of primary amides is 1. The van der Waals surface area contributed by atoms with E-state index in [0.717, 1.165) is 30.5 Å². The number of amides is 1. The van der Waals surface area contributed by atoms with E-state index in [4.69, 9.17) is 5.73 Å². The van der Waals surface area contributed by atoms with Gasteiger partial charge in [0.2, 0.25) is 5.91 Å². The number of hydrogen-bond donors (Lipinski definition) is 1. The Kier molecular flexibility index (Phi) is 6.54. The van der Waals surface area contributed by atoms with Gasteiger partial charge in [0, 0.05) is 37.4 Å². The molecule has 1 amide bonds. The number of fused-ring (bicyclic) bond motifs is 1. The summed E-state index contributed by atoms with van der Waals surface area (Å²) < 4.78 is 55.5. The molecular formula is C24H27F4N7O. The van der Waals surface area contributed by atoms with Gasteiger partial charge in [-0.15, -0.1) is 0 Å². The molecule has 3 aromatic heterocycles. The highest BCUT2D eigenvalue weighted by Crippen LogP contribution is 2.36. The third kappa shape index (κ3) is 5.28. The van der Waals surface area contributed by atoms with Gasteiger partial charge in [0.15, 0.2) is 0 Å². The van der Waals surface area contributed by atoms with Gasteiger partial charge in [0.05, 0.1) is 29.7 Å². The molecule has 1 saturated carbocycles. The number of likely N-dealkylation sites (tertiary alicyclic amines) is 1. The van der Waals surface area contributed by atoms with E-state index in [9.17, 15) is 22.4 Å². The number of pyridine rings is 1. The Morgan fingerprint density at radius 1 is 1.14 bits per heavy atom. The molecule has 3 aromatic rings. The fraction of sp³-hybridized carbons (Fsp3) is 0.500. The lowest BCUT2D eigenvalue weighted by atomic mass is 9.94. The lowest BCUT2D eigenvalue weighted by molar-refractivity contribution is -0.137. The van der Waals surface area contributed by atoms with E-state index in [0.29, 0.717) is 43.2 Å². The third-order valence-electron chi connectivity index (χ3n) is 6.85. The van der Waals surface area contributed by atoms with Crippen LogP contribution in [0.1, 0.15) is 30.5 Å². The Morgan fingerprint density at radius 2 is 1.94 bits per heavy atom. The lowest BCUT2D eigenvalue weighted by Gasteiger charge is -2.34. The van der Waals surface area contributed by atoms with Crippen LogP contribution in [0.2, 0.25) is 0 Å². The molecule has 2 atom stereocenters. The fourth-order valence-corrected chi connectivity index (χ4v) is 4.83. The zero-order valence-electron chi connectivity index (χ0n) is 19.5. The second-order valence-corrected chi connectivity index (χ2v) is 9.56. The molecule has 2 N–H and O–H groups in total. The number of piperidine rings is 1. The molecule has 0 spiro atoms. The van der Waals surface area contributed by atoms with Gasteiger partial charge in [0.25, 0.3) is 0 Å². The van der Waals surface area contributed by atoms with Crippen LogP contribution in [0, 0.1) is 5.92 Å². The maximum atomic E-state index is 14.9. The summed E-state index contributed by atoms with van der Waals surface area (Å²) in [5.74, 6) is 0.00282. The first-order valence-corrected chi connectivity index (χ1v) is 11.9. The van der Waals surface area contributed by atoms with Crippen molar-refractivity contribution in [3.8, 4) is 0 Å². The second-order valence-electron chi connectivity index (χ2n) is 9.56. The average Bonchev–Trinajstić information content (AvgIpc) is 3.59. The normalized spacial score (nSPS) is 21.1. The van der Waals surface area contributed by atoms with Crippen LogP contribution >= 0.6 is 0 Å². The van der Waals surface area contributed by atoms with Crippen LogP contribution in [0.3, 0.4) is 0 Å². The third-order valence-corrected chi connectivity index (χ3v) is 6.85. The molecular weight excluding hydrogens is 478 g/mol. The summed E-state index contributed by atoms with van der Waals surface area (Å²) in [6.07, 6.45) is 1.18. The average molecular weight is 506 g/mol. The molecule has 36 heavy (non-hydrogen) atoms. The number of nitrogens with zero attached hydrogens (tertiary/aromatic N) is 6. The van der Waals surface area contributed by atoms with Crippen molar-refractivity contribution in [1.29, 1.82) is 0 Å². The Balaban J connectivity index is 1.34. The van der Waals surface area contributed by atoms with Gasteiger partial charge in [-0.3, -0.25) is 14.7 Å². The number of hydrogen-bond acceptors (Lipinski definition) is 6. The van der Waals surface area contributed by atoms with Crippen LogP contribution in [0.25, 0.3) is 11.0 Å². The van der Waals surface area contributed by atoms with Crippen LogP contribution in [-0.2, 0) is 24.1 Å². The molecule has 2 fully saturated rings. The smallest absolute Gasteiger partial charge is 0.369 e. The van der Waals surface area contributed by atoms with Crippen molar-refractivity contribution in [3.63, 3.8) is 0 Å². The molecule has 1 aliphatic heterocycles. The summed E-state index contributed by atoms with van der Waals surface area (Å²) in [7, 11) is 0. The van der Waals surface area contributed by atoms with Crippen molar-refractivity contribution in [3.05, 3.63) is 48.2 Å². The number of halogens is 4. The first-order chi connectivity index (χ1) is 17.2. The maximum absolute atomic E-state index is 14.9. The first kappa shape index (κ1) is 24.4. The molecule has 12 heteroatoms. The zero-order valence-corrected chi connectivity index (χ0v) is 19.5. The molecule has 0 radical (unpaired) electrons. The van der Waals surface area contributed by atoms with E-state index >= 15 is 0 Å². The van der Waals surface area contributed by atoms with Gasteiger partial charge in [-0.1, -0.05) is 0 Å². The van der Waals surface area contributed by atoms with Crippen LogP contribution in [-0.4, -0.2) is 62.2 Å². The standard InChI is InChI=1S/C24H27F4N7O/c25-20-12-33(13-21(29)36)7-5-15(20)10-34-8-6-19-22(34)31-14-32-23(19)35(18-3-4-18)11-17-2-1-16(9-30-17)24(26,27)28/h1-2,6,8-9,14-15,18,20H,3-5,7,10-13H2,(H2,29,36)/t15-,20+/m1/s1. The van der Waals surface area contributed by atoms with E-state index in [2.05, 4.69) is 19.9 Å². The summed E-state index contributed by atoms with van der Waals surface area (Å²) in [5, 5.41) is 0.804. The molecule has 5 rings (SSSR count). The number of rotatable bonds is 8. The molecule has 0 unspecified atom stereocenters. The van der Waals surface area contributed by atoms with Crippen LogP contribution in [0.5, 0.6) is 0 Å². The van der Waals surface area contributed by atoms with Gasteiger partial charge in [-0.05, 0) is 44.0 Å². The number of alkyl halides is 4. The Hall–Kier alpha value is -3.28. The molecule has 1 saturated heterocycles.